The molecule has 0 atom stereocenters. The Morgan fingerprint density at radius 3 is 2.24 bits per heavy atom. The highest BCUT2D eigenvalue weighted by atomic mass is 19.1. The van der Waals surface area contributed by atoms with Gasteiger partial charge < -0.3 is 5.11 Å². The topological polar surface area (TPSA) is 38.0 Å². The van der Waals surface area contributed by atoms with Gasteiger partial charge in [-0.1, -0.05) is 0 Å². The summed E-state index contributed by atoms with van der Waals surface area (Å²) in [4.78, 5) is 0. The number of aryl methyl sites for hydroxylation is 1. The summed E-state index contributed by atoms with van der Waals surface area (Å²) >= 11 is 0. The summed E-state index contributed by atoms with van der Waals surface area (Å²) in [7, 11) is 0. The van der Waals surface area contributed by atoms with Gasteiger partial charge in [0.15, 0.2) is 5.75 Å². The molecular formula is C12H12F2N2O. The lowest BCUT2D eigenvalue weighted by Crippen LogP contribution is -2.04. The molecule has 0 radical (unpaired) electrons. The van der Waals surface area contributed by atoms with Crippen molar-refractivity contribution in [3.05, 3.63) is 46.8 Å². The van der Waals surface area contributed by atoms with Gasteiger partial charge in [0.2, 0.25) is 0 Å². The summed E-state index contributed by atoms with van der Waals surface area (Å²) < 4.78 is 27.5. The lowest BCUT2D eigenvalue weighted by atomic mass is 10.2. The third kappa shape index (κ3) is 2.27. The summed E-state index contributed by atoms with van der Waals surface area (Å²) in [6.45, 7) is 3.60. The van der Waals surface area contributed by atoms with E-state index in [1.165, 1.54) is 16.8 Å². The summed E-state index contributed by atoms with van der Waals surface area (Å²) in [5.41, 5.74) is 1.54. The fourth-order valence-electron chi connectivity index (χ4n) is 1.72. The quantitative estimate of drug-likeness (QED) is 0.873. The molecule has 1 N–H and O–H groups in total. The molecule has 1 aromatic carbocycles. The van der Waals surface area contributed by atoms with Crippen molar-refractivity contribution in [2.24, 2.45) is 0 Å². The number of hydrogen-bond donors (Lipinski definition) is 1. The standard InChI is InChI=1S/C12H12F2N2O/c1-7-12(17)8(2)16(15-7)6-9-3-10(13)5-11(14)4-9/h3-5,17H,6H2,1-2H3. The molecular weight excluding hydrogens is 226 g/mol. The molecule has 0 fully saturated rings. The van der Waals surface area contributed by atoms with E-state index >= 15 is 0 Å². The fourth-order valence-corrected chi connectivity index (χ4v) is 1.72. The van der Waals surface area contributed by atoms with Gasteiger partial charge in [0.1, 0.15) is 17.3 Å². The van der Waals surface area contributed by atoms with E-state index in [0.29, 0.717) is 17.0 Å². The minimum Gasteiger partial charge on any atom is -0.504 e. The van der Waals surface area contributed by atoms with Gasteiger partial charge in [0.25, 0.3) is 0 Å². The second-order valence-corrected chi connectivity index (χ2v) is 3.95. The Morgan fingerprint density at radius 1 is 1.18 bits per heavy atom. The molecule has 2 aromatic rings. The van der Waals surface area contributed by atoms with Crippen LogP contribution in [0.25, 0.3) is 0 Å². The number of halogens is 2. The van der Waals surface area contributed by atoms with Gasteiger partial charge in [0, 0.05) is 6.07 Å². The highest BCUT2D eigenvalue weighted by Gasteiger charge is 2.10. The smallest absolute Gasteiger partial charge is 0.159 e. The molecule has 0 bridgehead atoms. The zero-order chi connectivity index (χ0) is 12.6. The van der Waals surface area contributed by atoms with Crippen LogP contribution in [0.2, 0.25) is 0 Å². The Kier molecular flexibility index (Phi) is 2.83. The molecule has 0 aliphatic heterocycles. The van der Waals surface area contributed by atoms with Crippen LogP contribution < -0.4 is 0 Å². The first-order valence-electron chi connectivity index (χ1n) is 5.15. The molecule has 0 saturated carbocycles. The van der Waals surface area contributed by atoms with Gasteiger partial charge >= 0.3 is 0 Å². The van der Waals surface area contributed by atoms with Crippen molar-refractivity contribution in [2.45, 2.75) is 20.4 Å². The normalized spacial score (nSPS) is 10.8. The Hall–Kier alpha value is -1.91. The molecule has 0 spiro atoms. The van der Waals surface area contributed by atoms with Crippen molar-refractivity contribution in [1.82, 2.24) is 9.78 Å². The summed E-state index contributed by atoms with van der Waals surface area (Å²) in [5.74, 6) is -1.13. The SMILES string of the molecule is Cc1nn(Cc2cc(F)cc(F)c2)c(C)c1O. The van der Waals surface area contributed by atoms with E-state index in [0.717, 1.165) is 6.07 Å². The average Bonchev–Trinajstić information content (AvgIpc) is 2.45. The molecule has 0 amide bonds. The fraction of sp³-hybridized carbons (Fsp3) is 0.250. The minimum absolute atomic E-state index is 0.113. The Balaban J connectivity index is 2.34. The van der Waals surface area contributed by atoms with Gasteiger partial charge in [-0.15, -0.1) is 0 Å². The van der Waals surface area contributed by atoms with Crippen LogP contribution in [0.15, 0.2) is 18.2 Å². The zero-order valence-electron chi connectivity index (χ0n) is 9.54. The number of rotatable bonds is 2. The molecule has 0 saturated heterocycles. The van der Waals surface area contributed by atoms with Crippen LogP contribution in [0.5, 0.6) is 5.75 Å². The van der Waals surface area contributed by atoms with E-state index in [1.54, 1.807) is 13.8 Å². The predicted octanol–water partition coefficient (Wildman–Crippen LogP) is 2.53. The molecule has 2 rings (SSSR count). The largest absolute Gasteiger partial charge is 0.504 e. The molecule has 1 aromatic heterocycles. The van der Waals surface area contributed by atoms with Gasteiger partial charge in [-0.05, 0) is 31.5 Å². The van der Waals surface area contributed by atoms with Crippen molar-refractivity contribution < 1.29 is 13.9 Å². The van der Waals surface area contributed by atoms with Crippen molar-refractivity contribution in [1.29, 1.82) is 0 Å². The molecule has 90 valence electrons. The lowest BCUT2D eigenvalue weighted by molar-refractivity contribution is 0.465. The molecule has 5 heteroatoms. The van der Waals surface area contributed by atoms with Crippen molar-refractivity contribution in [3.63, 3.8) is 0 Å². The van der Waals surface area contributed by atoms with Crippen LogP contribution in [0, 0.1) is 25.5 Å². The number of nitrogens with zero attached hydrogens (tertiary/aromatic N) is 2. The number of aromatic nitrogens is 2. The third-order valence-electron chi connectivity index (χ3n) is 2.60. The molecule has 1 heterocycles. The first kappa shape index (κ1) is 11.6. The van der Waals surface area contributed by atoms with Gasteiger partial charge in [-0.3, -0.25) is 4.68 Å². The van der Waals surface area contributed by atoms with Crippen LogP contribution in [0.1, 0.15) is 17.0 Å². The van der Waals surface area contributed by atoms with E-state index in [2.05, 4.69) is 5.10 Å². The predicted molar refractivity (Wildman–Crippen MR) is 58.8 cm³/mol. The van der Waals surface area contributed by atoms with Gasteiger partial charge in [0.05, 0.1) is 12.2 Å². The number of benzene rings is 1. The lowest BCUT2D eigenvalue weighted by Gasteiger charge is -2.05. The molecule has 0 aliphatic carbocycles. The van der Waals surface area contributed by atoms with Gasteiger partial charge in [-0.25, -0.2) is 8.78 Å². The first-order valence-corrected chi connectivity index (χ1v) is 5.15. The first-order chi connectivity index (χ1) is 7.97. The molecule has 0 unspecified atom stereocenters. The van der Waals surface area contributed by atoms with Crippen LogP contribution >= 0.6 is 0 Å². The van der Waals surface area contributed by atoms with Crippen molar-refractivity contribution in [3.8, 4) is 5.75 Å². The van der Waals surface area contributed by atoms with Crippen LogP contribution in [0.3, 0.4) is 0 Å². The van der Waals surface area contributed by atoms with E-state index in [1.807, 2.05) is 0 Å². The molecule has 17 heavy (non-hydrogen) atoms. The maximum absolute atomic E-state index is 13.0. The zero-order valence-corrected chi connectivity index (χ0v) is 9.54. The molecule has 0 aliphatic rings. The Morgan fingerprint density at radius 2 is 1.76 bits per heavy atom. The maximum Gasteiger partial charge on any atom is 0.159 e. The van der Waals surface area contributed by atoms with E-state index < -0.39 is 11.6 Å². The highest BCUT2D eigenvalue weighted by Crippen LogP contribution is 2.21. The maximum atomic E-state index is 13.0. The van der Waals surface area contributed by atoms with Crippen LogP contribution in [0.4, 0.5) is 8.78 Å². The van der Waals surface area contributed by atoms with E-state index in [-0.39, 0.29) is 12.3 Å². The summed E-state index contributed by atoms with van der Waals surface area (Å²) in [5, 5.41) is 13.7. The Bertz CT molecular complexity index is 544. The van der Waals surface area contributed by atoms with Crippen LogP contribution in [-0.4, -0.2) is 14.9 Å². The van der Waals surface area contributed by atoms with Crippen molar-refractivity contribution in [2.75, 3.05) is 0 Å². The van der Waals surface area contributed by atoms with Crippen LogP contribution in [-0.2, 0) is 6.54 Å². The summed E-state index contributed by atoms with van der Waals surface area (Å²) in [6, 6.07) is 3.31. The molecule has 3 nitrogen and oxygen atoms in total. The van der Waals surface area contributed by atoms with Crippen molar-refractivity contribution >= 4 is 0 Å². The minimum atomic E-state index is -0.620. The van der Waals surface area contributed by atoms with Gasteiger partial charge in [-0.2, -0.15) is 5.10 Å². The third-order valence-corrected chi connectivity index (χ3v) is 2.60. The summed E-state index contributed by atoms with van der Waals surface area (Å²) in [6.07, 6.45) is 0. The Labute approximate surface area is 97.3 Å². The average molecular weight is 238 g/mol. The van der Waals surface area contributed by atoms with E-state index in [9.17, 15) is 13.9 Å². The second kappa shape index (κ2) is 4.16. The second-order valence-electron chi connectivity index (χ2n) is 3.95. The highest BCUT2D eigenvalue weighted by molar-refractivity contribution is 5.31. The number of hydrogen-bond acceptors (Lipinski definition) is 2. The number of aromatic hydroxyl groups is 1. The monoisotopic (exact) mass is 238 g/mol. The van der Waals surface area contributed by atoms with E-state index in [4.69, 9.17) is 0 Å².